The lowest BCUT2D eigenvalue weighted by Crippen LogP contribution is -2.44. The molecule has 1 aromatic carbocycles. The molecule has 0 bridgehead atoms. The van der Waals surface area contributed by atoms with Gasteiger partial charge < -0.3 is 0 Å². The van der Waals surface area contributed by atoms with Crippen LogP contribution in [-0.4, -0.2) is 35.5 Å². The molecule has 0 aliphatic rings. The highest BCUT2D eigenvalue weighted by Crippen LogP contribution is 2.95. The molecule has 5 nitrogen and oxygen atoms in total. The maximum atomic E-state index is 5.53. The molecule has 0 spiro atoms. The van der Waals surface area contributed by atoms with Gasteiger partial charge in [0.1, 0.15) is 9.70 Å². The maximum absolute atomic E-state index is 5.53. The number of benzene rings is 1. The van der Waals surface area contributed by atoms with Gasteiger partial charge in [-0.3, -0.25) is 20.9 Å². The molecule has 0 heterocycles. The van der Waals surface area contributed by atoms with Crippen LogP contribution in [0.15, 0.2) is 35.2 Å². The van der Waals surface area contributed by atoms with Crippen molar-refractivity contribution in [2.75, 3.05) is 35.5 Å². The van der Waals surface area contributed by atoms with Crippen LogP contribution < -0.4 is 0 Å². The molecule has 6 heteroatoms. The predicted octanol–water partition coefficient (Wildman–Crippen LogP) is 2.73. The fourth-order valence-corrected chi connectivity index (χ4v) is 4.90. The third kappa shape index (κ3) is 1.53. The van der Waals surface area contributed by atoms with Crippen LogP contribution in [0.1, 0.15) is 0 Å². The van der Waals surface area contributed by atoms with E-state index in [0.29, 0.717) is 4.90 Å². The zero-order chi connectivity index (χ0) is 13.1. The summed E-state index contributed by atoms with van der Waals surface area (Å²) in [7, 11) is 2.55. The summed E-state index contributed by atoms with van der Waals surface area (Å²) in [6.07, 6.45) is 0. The molecular weight excluding hydrogens is 244 g/mol. The van der Waals surface area contributed by atoms with E-state index >= 15 is 0 Å². The fourth-order valence-electron chi connectivity index (χ4n) is 1.86. The minimum absolute atomic E-state index is 0.546. The summed E-state index contributed by atoms with van der Waals surface area (Å²) >= 11 is 0. The van der Waals surface area contributed by atoms with Crippen LogP contribution in [0.2, 0.25) is 0 Å². The van der Waals surface area contributed by atoms with Gasteiger partial charge in [-0.15, -0.1) is 0 Å². The molecule has 0 radical (unpaired) electrons. The molecule has 0 fully saturated rings. The van der Waals surface area contributed by atoms with E-state index in [0.717, 1.165) is 0 Å². The normalized spacial score (nSPS) is 16.3. The number of hydrogen-bond donors (Lipinski definition) is 0. The van der Waals surface area contributed by atoms with Gasteiger partial charge in [0.15, 0.2) is 0 Å². The van der Waals surface area contributed by atoms with Gasteiger partial charge in [-0.1, -0.05) is 18.2 Å². The second-order valence-corrected chi connectivity index (χ2v) is 7.58. The summed E-state index contributed by atoms with van der Waals surface area (Å²) in [6, 6.07) is 9.05. The quantitative estimate of drug-likeness (QED) is 0.790. The maximum Gasteiger partial charge on any atom is 0.146 e. The van der Waals surface area contributed by atoms with Gasteiger partial charge in [-0.2, -0.15) is 0 Å². The first-order chi connectivity index (χ1) is 8.03. The van der Waals surface area contributed by atoms with E-state index in [9.17, 15) is 0 Å². The topological polar surface area (TPSA) is 46.2 Å². The average Bonchev–Trinajstić information content (AvgIpc) is 2.46. The van der Waals surface area contributed by atoms with Gasteiger partial charge in [0.05, 0.1) is 40.4 Å². The largest absolute Gasteiger partial charge is 0.275 e. The molecular formula is C11H20O5S. The molecule has 0 atom stereocenters. The highest BCUT2D eigenvalue weighted by atomic mass is 32.4. The van der Waals surface area contributed by atoms with Crippen molar-refractivity contribution < 1.29 is 20.9 Å². The van der Waals surface area contributed by atoms with E-state index in [4.69, 9.17) is 20.9 Å². The molecule has 0 saturated carbocycles. The van der Waals surface area contributed by atoms with Crippen molar-refractivity contribution in [1.82, 2.24) is 0 Å². The van der Waals surface area contributed by atoms with Crippen LogP contribution in [0, 0.1) is 0 Å². The summed E-state index contributed by atoms with van der Waals surface area (Å²) in [5.74, 6) is 0. The first-order valence-electron chi connectivity index (χ1n) is 4.99. The summed E-state index contributed by atoms with van der Waals surface area (Å²) in [5.41, 5.74) is 0. The molecule has 1 rings (SSSR count). The van der Waals surface area contributed by atoms with Crippen LogP contribution in [0.4, 0.5) is 0 Å². The molecule has 1 aromatic rings. The van der Waals surface area contributed by atoms with Crippen LogP contribution in [0.3, 0.4) is 0 Å². The molecule has 0 N–H and O–H groups in total. The van der Waals surface area contributed by atoms with Gasteiger partial charge in [0.25, 0.3) is 0 Å². The van der Waals surface area contributed by atoms with E-state index in [1.807, 2.05) is 18.2 Å². The molecule has 0 unspecified atom stereocenters. The Hall–Kier alpha value is -0.630. The lowest BCUT2D eigenvalue weighted by atomic mass is 10.4. The van der Waals surface area contributed by atoms with Crippen molar-refractivity contribution in [2.24, 2.45) is 0 Å². The highest BCUT2D eigenvalue weighted by molar-refractivity contribution is 8.47. The average molecular weight is 264 g/mol. The Morgan fingerprint density at radius 3 is 1.29 bits per heavy atom. The van der Waals surface area contributed by atoms with Gasteiger partial charge in [-0.25, -0.2) is 0 Å². The van der Waals surface area contributed by atoms with Crippen LogP contribution in [0.25, 0.3) is 0 Å². The minimum Gasteiger partial charge on any atom is -0.275 e. The van der Waals surface area contributed by atoms with Crippen molar-refractivity contribution in [2.45, 2.75) is 4.90 Å². The predicted molar refractivity (Wildman–Crippen MR) is 67.3 cm³/mol. The second-order valence-electron chi connectivity index (χ2n) is 3.24. The van der Waals surface area contributed by atoms with Gasteiger partial charge in [0.2, 0.25) is 0 Å². The molecule has 0 amide bonds. The lowest BCUT2D eigenvalue weighted by molar-refractivity contribution is 0.0195. The number of hydrogen-bond acceptors (Lipinski definition) is 5. The zero-order valence-corrected chi connectivity index (χ0v) is 11.7. The first kappa shape index (κ1) is 14.4. The summed E-state index contributed by atoms with van der Waals surface area (Å²) < 4.78 is 27.6. The fraction of sp³-hybridized carbons (Fsp3) is 0.455. The Bertz CT molecular complexity index is 344. The summed E-state index contributed by atoms with van der Waals surface area (Å²) in [4.78, 5) is 0.546. The van der Waals surface area contributed by atoms with Crippen molar-refractivity contribution in [1.29, 1.82) is 0 Å². The van der Waals surface area contributed by atoms with E-state index < -0.39 is 9.70 Å². The Morgan fingerprint density at radius 2 is 1.00 bits per heavy atom. The Balaban J connectivity index is 3.70. The lowest BCUT2D eigenvalue weighted by Gasteiger charge is -2.71. The zero-order valence-electron chi connectivity index (χ0n) is 10.8. The third-order valence-corrected chi connectivity index (χ3v) is 7.79. The molecule has 17 heavy (non-hydrogen) atoms. The van der Waals surface area contributed by atoms with E-state index in [1.54, 1.807) is 12.1 Å². The summed E-state index contributed by atoms with van der Waals surface area (Å²) in [5, 5.41) is 0. The van der Waals surface area contributed by atoms with Crippen LogP contribution >= 0.6 is 9.70 Å². The SMILES string of the molecule is COS(OC)(OC)(OC)(OC)c1ccccc1. The van der Waals surface area contributed by atoms with Gasteiger partial charge in [-0.05, 0) is 12.1 Å². The van der Waals surface area contributed by atoms with E-state index in [2.05, 4.69) is 0 Å². The Morgan fingerprint density at radius 1 is 0.647 bits per heavy atom. The molecule has 0 aliphatic heterocycles. The Labute approximate surface area is 102 Å². The number of rotatable bonds is 6. The van der Waals surface area contributed by atoms with Crippen molar-refractivity contribution in [3.63, 3.8) is 0 Å². The van der Waals surface area contributed by atoms with Gasteiger partial charge >= 0.3 is 0 Å². The Kier molecular flexibility index (Phi) is 3.60. The second kappa shape index (κ2) is 4.24. The van der Waals surface area contributed by atoms with Crippen molar-refractivity contribution >= 4 is 9.70 Å². The summed E-state index contributed by atoms with van der Waals surface area (Å²) in [6.45, 7) is 0. The smallest absolute Gasteiger partial charge is 0.146 e. The van der Waals surface area contributed by atoms with Crippen LogP contribution in [0.5, 0.6) is 0 Å². The molecule has 0 aromatic heterocycles. The van der Waals surface area contributed by atoms with Crippen molar-refractivity contribution in [3.05, 3.63) is 30.3 Å². The first-order valence-corrected chi connectivity index (χ1v) is 7.06. The molecule has 0 aliphatic carbocycles. The monoisotopic (exact) mass is 264 g/mol. The molecule has 0 saturated heterocycles. The van der Waals surface area contributed by atoms with E-state index in [1.165, 1.54) is 35.5 Å². The van der Waals surface area contributed by atoms with Crippen molar-refractivity contribution in [3.8, 4) is 0 Å². The van der Waals surface area contributed by atoms with Crippen LogP contribution in [-0.2, 0) is 20.9 Å². The highest BCUT2D eigenvalue weighted by Gasteiger charge is 2.64. The third-order valence-electron chi connectivity index (χ3n) is 3.00. The molecule has 100 valence electrons. The van der Waals surface area contributed by atoms with Gasteiger partial charge in [0, 0.05) is 0 Å². The van der Waals surface area contributed by atoms with E-state index in [-0.39, 0.29) is 0 Å². The minimum atomic E-state index is -4.57. The standard InChI is InChI=1S/C11H20O5S/c1-12-17(13-2,14-3,15-4,16-5)11-9-7-6-8-10-11/h6-10H,1-5H3.